The number of halogens is 1. The SMILES string of the molecule is CCOC(=O)/C(=C/C1CCCC1)c1ccc2c(c1)N(C)c1ccccc1S2(=O)=O.CCOC(=O)C(=O)c1ccc2c(c1)N(C)c1ccccc1S2(=O)=O.[I-].c1ccc([P+](CC2CCCC2)(c2ccccc2)c2ccccc2)cc1. The highest BCUT2D eigenvalue weighted by Crippen LogP contribution is 2.58. The Bertz CT molecular complexity index is 3470. The minimum Gasteiger partial charge on any atom is -1.00 e. The van der Waals surface area contributed by atoms with Crippen LogP contribution in [0.4, 0.5) is 22.7 Å². The third kappa shape index (κ3) is 12.2. The molecule has 15 heteroatoms. The summed E-state index contributed by atoms with van der Waals surface area (Å²) in [6.45, 7) is 3.79. The molecule has 0 N–H and O–H groups in total. The second-order valence-electron chi connectivity index (χ2n) is 20.0. The Morgan fingerprint density at radius 3 is 1.33 bits per heavy atom. The molecule has 4 aliphatic rings. The lowest BCUT2D eigenvalue weighted by atomic mass is 9.98. The molecule has 0 spiro atoms. The van der Waals surface area contributed by atoms with Gasteiger partial charge < -0.3 is 43.3 Å². The van der Waals surface area contributed by atoms with Crippen molar-refractivity contribution in [1.29, 1.82) is 0 Å². The lowest BCUT2D eigenvalue weighted by molar-refractivity contribution is -0.137. The molecular formula is C64H66IN2O9PS2. The maximum absolute atomic E-state index is 13.1. The Balaban J connectivity index is 0.000000156. The highest BCUT2D eigenvalue weighted by Gasteiger charge is 2.47. The molecule has 2 aliphatic carbocycles. The Hall–Kier alpha value is -6.45. The van der Waals surface area contributed by atoms with Crippen molar-refractivity contribution in [2.24, 2.45) is 11.8 Å². The minimum absolute atomic E-state index is 0. The normalized spacial score (nSPS) is 16.0. The third-order valence-electron chi connectivity index (χ3n) is 15.2. The van der Waals surface area contributed by atoms with Crippen LogP contribution in [0.15, 0.2) is 202 Å². The maximum Gasteiger partial charge on any atom is 0.379 e. The van der Waals surface area contributed by atoms with Gasteiger partial charge in [0.05, 0.1) is 67.3 Å². The zero-order valence-corrected chi connectivity index (χ0v) is 49.6. The Kier molecular flexibility index (Phi) is 19.1. The van der Waals surface area contributed by atoms with E-state index in [1.807, 2.05) is 24.1 Å². The number of carbonyl (C=O) groups excluding carboxylic acids is 3. The fourth-order valence-corrected chi connectivity index (χ4v) is 19.4. The summed E-state index contributed by atoms with van der Waals surface area (Å²) in [4.78, 5) is 40.8. The molecular weight excluding hydrogens is 1160 g/mol. The lowest BCUT2D eigenvalue weighted by Gasteiger charge is -2.30. The number of sulfone groups is 2. The number of Topliss-reactive ketones (excluding diaryl/α,β-unsaturated/α-hetero) is 1. The first-order valence-corrected chi connectivity index (χ1v) is 31.7. The number of ketones is 1. The number of hydrogen-bond donors (Lipinski definition) is 0. The average molecular weight is 1230 g/mol. The van der Waals surface area contributed by atoms with Crippen molar-refractivity contribution in [2.75, 3.05) is 43.3 Å². The molecule has 0 amide bonds. The number of para-hydroxylation sites is 2. The predicted octanol–water partition coefficient (Wildman–Crippen LogP) is 9.26. The second kappa shape index (κ2) is 25.8. The van der Waals surface area contributed by atoms with Crippen LogP contribution >= 0.6 is 7.26 Å². The molecule has 11 nitrogen and oxygen atoms in total. The summed E-state index contributed by atoms with van der Waals surface area (Å²) in [6, 6.07) is 56.7. The van der Waals surface area contributed by atoms with Gasteiger partial charge in [-0.3, -0.25) is 4.79 Å². The Morgan fingerprint density at radius 2 is 0.873 bits per heavy atom. The van der Waals surface area contributed by atoms with Gasteiger partial charge in [-0.15, -0.1) is 0 Å². The first-order chi connectivity index (χ1) is 37.7. The Morgan fingerprint density at radius 1 is 0.494 bits per heavy atom. The molecule has 2 heterocycles. The summed E-state index contributed by atoms with van der Waals surface area (Å²) in [7, 11) is -5.32. The van der Waals surface area contributed by atoms with Gasteiger partial charge in [0.1, 0.15) is 23.2 Å². The smallest absolute Gasteiger partial charge is 0.379 e. The quantitative estimate of drug-likeness (QED) is 0.0288. The summed E-state index contributed by atoms with van der Waals surface area (Å²) in [5, 5.41) is 4.58. The average Bonchev–Trinajstić information content (AvgIpc) is 4.33. The van der Waals surface area contributed by atoms with E-state index in [2.05, 4.69) is 91.0 Å². The molecule has 0 saturated heterocycles. The molecule has 2 fully saturated rings. The third-order valence-corrected chi connectivity index (χ3v) is 23.5. The van der Waals surface area contributed by atoms with Crippen LogP contribution in [0.1, 0.15) is 81.1 Å². The summed E-state index contributed by atoms with van der Waals surface area (Å²) in [5.74, 6) is -0.911. The van der Waals surface area contributed by atoms with Crippen LogP contribution in [0.25, 0.3) is 5.57 Å². The number of esters is 2. The van der Waals surface area contributed by atoms with Crippen LogP contribution < -0.4 is 49.7 Å². The molecule has 0 atom stereocenters. The topological polar surface area (TPSA) is 144 Å². The maximum atomic E-state index is 13.1. The fourth-order valence-electron chi connectivity index (χ4n) is 11.3. The van der Waals surface area contributed by atoms with Gasteiger partial charge >= 0.3 is 11.9 Å². The largest absolute Gasteiger partial charge is 1.00 e. The molecule has 2 aliphatic heterocycles. The summed E-state index contributed by atoms with van der Waals surface area (Å²) in [5.41, 5.74) is 3.38. The van der Waals surface area contributed by atoms with Gasteiger partial charge in [-0.05, 0) is 148 Å². The second-order valence-corrected chi connectivity index (χ2v) is 27.3. The summed E-state index contributed by atoms with van der Waals surface area (Å²) < 4.78 is 61.7. The first-order valence-electron chi connectivity index (χ1n) is 26.8. The van der Waals surface area contributed by atoms with Crippen LogP contribution in [0.2, 0.25) is 0 Å². The number of ether oxygens (including phenoxy) is 2. The molecule has 7 aromatic carbocycles. The van der Waals surface area contributed by atoms with E-state index in [1.165, 1.54) is 78.8 Å². The zero-order chi connectivity index (χ0) is 55.0. The van der Waals surface area contributed by atoms with Gasteiger partial charge in [0.15, 0.2) is 0 Å². The molecule has 7 aromatic rings. The number of rotatable bonds is 12. The van der Waals surface area contributed by atoms with Crippen molar-refractivity contribution in [3.05, 3.63) is 193 Å². The van der Waals surface area contributed by atoms with E-state index in [0.29, 0.717) is 51.3 Å². The minimum atomic E-state index is -3.68. The molecule has 0 radical (unpaired) electrons. The fraction of sp³-hybridized carbons (Fsp3) is 0.266. The molecule has 410 valence electrons. The van der Waals surface area contributed by atoms with E-state index >= 15 is 0 Å². The van der Waals surface area contributed by atoms with Gasteiger partial charge in [-0.1, -0.05) is 117 Å². The number of nitrogens with zero attached hydrogens (tertiary/aromatic N) is 2. The number of fused-ring (bicyclic) bond motifs is 4. The highest BCUT2D eigenvalue weighted by atomic mass is 127. The lowest BCUT2D eigenvalue weighted by Crippen LogP contribution is -3.00. The summed E-state index contributed by atoms with van der Waals surface area (Å²) in [6.07, 6.45) is 13.4. The molecule has 79 heavy (non-hydrogen) atoms. The van der Waals surface area contributed by atoms with Gasteiger partial charge in [0, 0.05) is 19.7 Å². The van der Waals surface area contributed by atoms with E-state index in [9.17, 15) is 31.2 Å². The van der Waals surface area contributed by atoms with Crippen molar-refractivity contribution < 1.29 is 64.7 Å². The number of allylic oxidation sites excluding steroid dienone is 1. The molecule has 0 unspecified atom stereocenters. The van der Waals surface area contributed by atoms with Crippen molar-refractivity contribution in [2.45, 2.75) is 84.8 Å². The standard InChI is InChI=1S/C24H26P.C23H25NO4S.C17H15NO5S.HI/c1-4-14-22(15-5-1)25(20-21-12-10-11-13-21,23-16-6-2-7-17-23)24-18-8-3-9-19-24;1-3-28-23(25)18(14-16-8-4-5-9-16)17-12-13-22-20(15-17)24(2)19-10-6-7-11-21(19)29(22,26)27;1-3-23-17(20)16(19)11-8-9-15-13(10-11)18(2)12-6-4-5-7-14(12)24(15,21)22;/h1-9,14-19,21H,10-13,20H2;6-7,10-16H,3-5,8-9H2,1-2H3;4-10H,3H2,1-2H3;1H/q+1;;;/p-1/b;18-14+;;. The molecule has 0 bridgehead atoms. The molecule has 2 saturated carbocycles. The van der Waals surface area contributed by atoms with Crippen LogP contribution in [0.5, 0.6) is 0 Å². The first kappa shape index (κ1) is 58.7. The van der Waals surface area contributed by atoms with Crippen LogP contribution in [0.3, 0.4) is 0 Å². The van der Waals surface area contributed by atoms with Gasteiger partial charge in [0.25, 0.3) is 5.78 Å². The van der Waals surface area contributed by atoms with Gasteiger partial charge in [-0.2, -0.15) is 0 Å². The van der Waals surface area contributed by atoms with Crippen molar-refractivity contribution in [1.82, 2.24) is 0 Å². The van der Waals surface area contributed by atoms with Gasteiger partial charge in [-0.25, -0.2) is 26.4 Å². The van der Waals surface area contributed by atoms with E-state index in [4.69, 9.17) is 9.47 Å². The Labute approximate surface area is 483 Å². The van der Waals surface area contributed by atoms with E-state index in [0.717, 1.165) is 18.8 Å². The van der Waals surface area contributed by atoms with Crippen molar-refractivity contribution in [3.8, 4) is 0 Å². The molecule has 0 aromatic heterocycles. The number of benzene rings is 7. The van der Waals surface area contributed by atoms with E-state index in [1.54, 1.807) is 86.5 Å². The zero-order valence-electron chi connectivity index (χ0n) is 45.0. The number of anilines is 4. The molecule has 11 rings (SSSR count). The monoisotopic (exact) mass is 1230 g/mol. The highest BCUT2D eigenvalue weighted by molar-refractivity contribution is 7.95. The summed E-state index contributed by atoms with van der Waals surface area (Å²) >= 11 is 0. The van der Waals surface area contributed by atoms with Crippen LogP contribution in [0, 0.1) is 11.8 Å². The van der Waals surface area contributed by atoms with E-state index < -0.39 is 38.7 Å². The number of carbonyl (C=O) groups is 3. The van der Waals surface area contributed by atoms with Gasteiger partial charge in [0.2, 0.25) is 19.7 Å². The van der Waals surface area contributed by atoms with Crippen LogP contribution in [-0.2, 0) is 38.7 Å². The number of hydrogen-bond acceptors (Lipinski definition) is 11. The van der Waals surface area contributed by atoms with Crippen molar-refractivity contribution >= 4 is 88.9 Å². The van der Waals surface area contributed by atoms with E-state index in [-0.39, 0.29) is 56.8 Å². The van der Waals surface area contributed by atoms with Crippen molar-refractivity contribution in [3.63, 3.8) is 0 Å². The van der Waals surface area contributed by atoms with Crippen LogP contribution in [-0.4, -0.2) is 68.0 Å². The predicted molar refractivity (Wildman–Crippen MR) is 312 cm³/mol.